The second-order valence-electron chi connectivity index (χ2n) is 6.66. The molecule has 0 spiro atoms. The molecule has 23 heavy (non-hydrogen) atoms. The van der Waals surface area contributed by atoms with Crippen molar-refractivity contribution in [3.05, 3.63) is 47.8 Å². The molecule has 0 radical (unpaired) electrons. The molecule has 5 nitrogen and oxygen atoms in total. The Kier molecular flexibility index (Phi) is 3.22. The fraction of sp³-hybridized carbons (Fsp3) is 0.333. The zero-order chi connectivity index (χ0) is 16.0. The number of fused-ring (bicyclic) bond motifs is 2. The maximum Gasteiger partial charge on any atom is 0.232 e. The van der Waals surface area contributed by atoms with E-state index in [9.17, 15) is 4.79 Å². The second-order valence-corrected chi connectivity index (χ2v) is 6.66. The van der Waals surface area contributed by atoms with Crippen LogP contribution in [0.1, 0.15) is 43.5 Å². The minimum Gasteiger partial charge on any atom is -0.360 e. The number of nitrogens with zero attached hydrogens (tertiary/aromatic N) is 1. The highest BCUT2D eigenvalue weighted by Crippen LogP contribution is 2.45. The van der Waals surface area contributed by atoms with Gasteiger partial charge in [0.2, 0.25) is 5.91 Å². The molecule has 2 aliphatic heterocycles. The van der Waals surface area contributed by atoms with E-state index in [-0.39, 0.29) is 18.0 Å². The number of hydrogen-bond acceptors (Lipinski definition) is 4. The minimum absolute atomic E-state index is 0.0143. The van der Waals surface area contributed by atoms with Crippen molar-refractivity contribution < 1.29 is 4.79 Å². The summed E-state index contributed by atoms with van der Waals surface area (Å²) in [5.41, 5.74) is 5.18. The normalized spacial score (nSPS) is 21.4. The molecular formula is C18H20N4O. The molecule has 1 aromatic heterocycles. The molecule has 3 N–H and O–H groups in total. The van der Waals surface area contributed by atoms with Gasteiger partial charge in [0.1, 0.15) is 6.17 Å². The van der Waals surface area contributed by atoms with Gasteiger partial charge >= 0.3 is 0 Å². The van der Waals surface area contributed by atoms with E-state index in [4.69, 9.17) is 0 Å². The first kappa shape index (κ1) is 14.1. The zero-order valence-electron chi connectivity index (χ0n) is 13.3. The Bertz CT molecular complexity index is 757. The molecule has 0 aliphatic carbocycles. The van der Waals surface area contributed by atoms with E-state index in [1.165, 1.54) is 0 Å². The van der Waals surface area contributed by atoms with E-state index in [1.807, 2.05) is 24.4 Å². The summed E-state index contributed by atoms with van der Waals surface area (Å²) in [5, 5.41) is 9.95. The lowest BCUT2D eigenvalue weighted by Crippen LogP contribution is -2.14. The van der Waals surface area contributed by atoms with Gasteiger partial charge in [-0.2, -0.15) is 0 Å². The van der Waals surface area contributed by atoms with E-state index < -0.39 is 0 Å². The van der Waals surface area contributed by atoms with Crippen LogP contribution < -0.4 is 16.0 Å². The van der Waals surface area contributed by atoms with Crippen LogP contribution in [0.3, 0.4) is 0 Å². The van der Waals surface area contributed by atoms with Gasteiger partial charge in [0, 0.05) is 23.6 Å². The number of anilines is 3. The van der Waals surface area contributed by atoms with Crippen molar-refractivity contribution in [3.8, 4) is 0 Å². The van der Waals surface area contributed by atoms with Crippen LogP contribution in [0, 0.1) is 5.92 Å². The standard InChI is InChI=1S/C18H20N4O/c1-10(2)6-13-12-7-15-16(8-14(12)22-18(13)23)21-17(20-15)11-4-3-5-19-9-11/h3-5,7-10,13,17,20-21H,6H2,1-2H3,(H,22,23). The Morgan fingerprint density at radius 2 is 1.96 bits per heavy atom. The first-order valence-electron chi connectivity index (χ1n) is 8.03. The number of benzene rings is 1. The number of carbonyl (C=O) groups excluding carboxylic acids is 1. The Hall–Kier alpha value is -2.56. The minimum atomic E-state index is -0.0467. The zero-order valence-corrected chi connectivity index (χ0v) is 13.3. The molecule has 4 rings (SSSR count). The van der Waals surface area contributed by atoms with Crippen LogP contribution in [0.5, 0.6) is 0 Å². The first-order valence-corrected chi connectivity index (χ1v) is 8.03. The van der Waals surface area contributed by atoms with Crippen molar-refractivity contribution in [1.82, 2.24) is 4.98 Å². The smallest absolute Gasteiger partial charge is 0.232 e. The van der Waals surface area contributed by atoms with Crippen molar-refractivity contribution >= 4 is 23.0 Å². The van der Waals surface area contributed by atoms with Gasteiger partial charge in [0.25, 0.3) is 0 Å². The molecule has 0 saturated carbocycles. The summed E-state index contributed by atoms with van der Waals surface area (Å²) in [4.78, 5) is 16.4. The number of nitrogens with one attached hydrogen (secondary N) is 3. The maximum absolute atomic E-state index is 12.2. The summed E-state index contributed by atoms with van der Waals surface area (Å²) >= 11 is 0. The van der Waals surface area contributed by atoms with Crippen molar-refractivity contribution in [2.24, 2.45) is 5.92 Å². The third-order valence-corrected chi connectivity index (χ3v) is 4.46. The van der Waals surface area contributed by atoms with Gasteiger partial charge in [-0.05, 0) is 36.1 Å². The molecule has 3 heterocycles. The molecule has 5 heteroatoms. The molecule has 1 amide bonds. The molecule has 1 aromatic carbocycles. The average Bonchev–Trinajstić information content (AvgIpc) is 3.07. The van der Waals surface area contributed by atoms with E-state index in [0.717, 1.165) is 34.6 Å². The van der Waals surface area contributed by atoms with E-state index >= 15 is 0 Å². The topological polar surface area (TPSA) is 66.0 Å². The van der Waals surface area contributed by atoms with Crippen LogP contribution >= 0.6 is 0 Å². The Balaban J connectivity index is 1.64. The van der Waals surface area contributed by atoms with Gasteiger partial charge in [-0.1, -0.05) is 19.9 Å². The highest BCUT2D eigenvalue weighted by Gasteiger charge is 2.33. The van der Waals surface area contributed by atoms with Crippen molar-refractivity contribution in [3.63, 3.8) is 0 Å². The van der Waals surface area contributed by atoms with Crippen molar-refractivity contribution in [2.75, 3.05) is 16.0 Å². The monoisotopic (exact) mass is 308 g/mol. The summed E-state index contributed by atoms with van der Waals surface area (Å²) < 4.78 is 0. The molecule has 0 saturated heterocycles. The molecule has 2 aromatic rings. The third-order valence-electron chi connectivity index (χ3n) is 4.46. The van der Waals surface area contributed by atoms with Crippen LogP contribution in [0.15, 0.2) is 36.7 Å². The fourth-order valence-electron chi connectivity index (χ4n) is 3.38. The summed E-state index contributed by atoms with van der Waals surface area (Å²) in [7, 11) is 0. The third kappa shape index (κ3) is 2.42. The number of amides is 1. The van der Waals surface area contributed by atoms with Crippen LogP contribution in [0.4, 0.5) is 17.1 Å². The molecule has 2 atom stereocenters. The number of hydrogen-bond donors (Lipinski definition) is 3. The molecular weight excluding hydrogens is 288 g/mol. The molecule has 0 fully saturated rings. The predicted octanol–water partition coefficient (Wildman–Crippen LogP) is 3.70. The lowest BCUT2D eigenvalue weighted by Gasteiger charge is -2.12. The molecule has 2 aliphatic rings. The number of pyridine rings is 1. The van der Waals surface area contributed by atoms with Crippen LogP contribution in [-0.4, -0.2) is 10.9 Å². The van der Waals surface area contributed by atoms with Crippen LogP contribution in [0.25, 0.3) is 0 Å². The second kappa shape index (κ2) is 5.26. The molecule has 0 bridgehead atoms. The summed E-state index contributed by atoms with van der Waals surface area (Å²) in [6, 6.07) is 8.12. The number of carbonyl (C=O) groups is 1. The van der Waals surface area contributed by atoms with Gasteiger partial charge in [-0.3, -0.25) is 9.78 Å². The van der Waals surface area contributed by atoms with Crippen LogP contribution in [0.2, 0.25) is 0 Å². The van der Waals surface area contributed by atoms with Gasteiger partial charge in [-0.15, -0.1) is 0 Å². The van der Waals surface area contributed by atoms with Gasteiger partial charge < -0.3 is 16.0 Å². The Labute approximate surface area is 135 Å². The van der Waals surface area contributed by atoms with Crippen molar-refractivity contribution in [1.29, 1.82) is 0 Å². The highest BCUT2D eigenvalue weighted by atomic mass is 16.2. The summed E-state index contributed by atoms with van der Waals surface area (Å²) in [6.45, 7) is 4.30. The predicted molar refractivity (Wildman–Crippen MR) is 91.5 cm³/mol. The first-order chi connectivity index (χ1) is 11.1. The quantitative estimate of drug-likeness (QED) is 0.809. The average molecular weight is 308 g/mol. The highest BCUT2D eigenvalue weighted by molar-refractivity contribution is 6.04. The van der Waals surface area contributed by atoms with Crippen molar-refractivity contribution in [2.45, 2.75) is 32.4 Å². The fourth-order valence-corrected chi connectivity index (χ4v) is 3.38. The van der Waals surface area contributed by atoms with Gasteiger partial charge in [0.15, 0.2) is 0 Å². The maximum atomic E-state index is 12.2. The van der Waals surface area contributed by atoms with Gasteiger partial charge in [0.05, 0.1) is 17.3 Å². The Morgan fingerprint density at radius 3 is 2.65 bits per heavy atom. The molecule has 2 unspecified atom stereocenters. The largest absolute Gasteiger partial charge is 0.360 e. The number of aromatic nitrogens is 1. The SMILES string of the molecule is CC(C)CC1C(=O)Nc2cc3c(cc21)NC(c1cccnc1)N3. The van der Waals surface area contributed by atoms with Crippen LogP contribution in [-0.2, 0) is 4.79 Å². The summed E-state index contributed by atoms with van der Waals surface area (Å²) in [6.07, 6.45) is 4.51. The lowest BCUT2D eigenvalue weighted by molar-refractivity contribution is -0.117. The van der Waals surface area contributed by atoms with E-state index in [0.29, 0.717) is 5.92 Å². The van der Waals surface area contributed by atoms with E-state index in [2.05, 4.69) is 40.8 Å². The Morgan fingerprint density at radius 1 is 1.17 bits per heavy atom. The lowest BCUT2D eigenvalue weighted by atomic mass is 9.91. The molecule has 118 valence electrons. The summed E-state index contributed by atoms with van der Waals surface area (Å²) in [5.74, 6) is 0.551. The van der Waals surface area contributed by atoms with E-state index in [1.54, 1.807) is 6.20 Å². The van der Waals surface area contributed by atoms with Gasteiger partial charge in [-0.25, -0.2) is 0 Å². The number of rotatable bonds is 3.